The van der Waals surface area contributed by atoms with Crippen molar-refractivity contribution in [3.05, 3.63) is 82.5 Å². The van der Waals surface area contributed by atoms with Crippen LogP contribution < -0.4 is 0 Å². The van der Waals surface area contributed by atoms with Gasteiger partial charge in [0.2, 0.25) is 0 Å². The highest BCUT2D eigenvalue weighted by Gasteiger charge is 2.30. The Bertz CT molecular complexity index is 963. The monoisotopic (exact) mass is 361 g/mol. The van der Waals surface area contributed by atoms with Gasteiger partial charge in [-0.05, 0) is 36.4 Å². The molecule has 0 aliphatic rings. The quantitative estimate of drug-likeness (QED) is 0.335. The lowest BCUT2D eigenvalue weighted by Gasteiger charge is -2.06. The van der Waals surface area contributed by atoms with E-state index in [-0.39, 0.29) is 10.7 Å². The van der Waals surface area contributed by atoms with Crippen LogP contribution in [0.2, 0.25) is 5.15 Å². The molecule has 6 heteroatoms. The molecule has 0 saturated carbocycles. The predicted molar refractivity (Wildman–Crippen MR) is 91.6 cm³/mol. The Morgan fingerprint density at radius 3 is 2.40 bits per heavy atom. The zero-order valence-corrected chi connectivity index (χ0v) is 13.5. The molecule has 0 radical (unpaired) electrons. The number of carbonyl (C=O) groups is 1. The van der Waals surface area contributed by atoms with Crippen LogP contribution in [0.3, 0.4) is 0 Å². The van der Waals surface area contributed by atoms with E-state index in [4.69, 9.17) is 11.6 Å². The maximum absolute atomic E-state index is 12.5. The van der Waals surface area contributed by atoms with Crippen molar-refractivity contribution in [3.63, 3.8) is 0 Å². The second-order valence-electron chi connectivity index (χ2n) is 5.33. The molecule has 3 aromatic rings. The van der Waals surface area contributed by atoms with Gasteiger partial charge in [0, 0.05) is 16.5 Å². The number of halogens is 4. The Hall–Kier alpha value is -2.66. The van der Waals surface area contributed by atoms with Gasteiger partial charge in [0.25, 0.3) is 0 Å². The van der Waals surface area contributed by atoms with Gasteiger partial charge >= 0.3 is 6.18 Å². The summed E-state index contributed by atoms with van der Waals surface area (Å²) < 4.78 is 37.6. The largest absolute Gasteiger partial charge is 0.416 e. The Kier molecular flexibility index (Phi) is 4.59. The van der Waals surface area contributed by atoms with Crippen LogP contribution in [0.5, 0.6) is 0 Å². The molecule has 126 valence electrons. The number of alkyl halides is 3. The highest BCUT2D eigenvalue weighted by Crippen LogP contribution is 2.29. The average molecular weight is 362 g/mol. The minimum absolute atomic E-state index is 0.161. The molecular weight excluding hydrogens is 351 g/mol. The highest BCUT2D eigenvalue weighted by atomic mass is 35.5. The van der Waals surface area contributed by atoms with Crippen molar-refractivity contribution in [1.29, 1.82) is 0 Å². The zero-order chi connectivity index (χ0) is 18.0. The first-order valence-electron chi connectivity index (χ1n) is 7.29. The number of pyridine rings is 1. The molecule has 1 heterocycles. The summed E-state index contributed by atoms with van der Waals surface area (Å²) in [7, 11) is 0. The van der Waals surface area contributed by atoms with E-state index in [9.17, 15) is 18.0 Å². The third-order valence-electron chi connectivity index (χ3n) is 3.62. The van der Waals surface area contributed by atoms with Crippen molar-refractivity contribution in [2.24, 2.45) is 0 Å². The number of ketones is 1. The van der Waals surface area contributed by atoms with E-state index >= 15 is 0 Å². The Balaban J connectivity index is 1.84. The Morgan fingerprint density at radius 2 is 1.72 bits per heavy atom. The highest BCUT2D eigenvalue weighted by molar-refractivity contribution is 6.31. The third-order valence-corrected chi connectivity index (χ3v) is 3.92. The maximum atomic E-state index is 12.5. The van der Waals surface area contributed by atoms with Crippen LogP contribution in [0.25, 0.3) is 17.0 Å². The normalized spacial score (nSPS) is 12.0. The van der Waals surface area contributed by atoms with Crippen molar-refractivity contribution in [1.82, 2.24) is 4.98 Å². The average Bonchev–Trinajstić information content (AvgIpc) is 2.59. The molecule has 0 unspecified atom stereocenters. The summed E-state index contributed by atoms with van der Waals surface area (Å²) in [5.41, 5.74) is 0.656. The summed E-state index contributed by atoms with van der Waals surface area (Å²) in [6.45, 7) is 0. The van der Waals surface area contributed by atoms with Gasteiger partial charge in [-0.25, -0.2) is 4.98 Å². The summed E-state index contributed by atoms with van der Waals surface area (Å²) in [6, 6.07) is 13.2. The lowest BCUT2D eigenvalue weighted by atomic mass is 10.1. The fourth-order valence-corrected chi connectivity index (χ4v) is 2.52. The number of carbonyl (C=O) groups excluding carboxylic acids is 1. The van der Waals surface area contributed by atoms with Crippen molar-refractivity contribution in [2.75, 3.05) is 0 Å². The lowest BCUT2D eigenvalue weighted by Crippen LogP contribution is -2.05. The fourth-order valence-electron chi connectivity index (χ4n) is 2.31. The zero-order valence-electron chi connectivity index (χ0n) is 12.7. The van der Waals surface area contributed by atoms with Crippen LogP contribution >= 0.6 is 11.6 Å². The summed E-state index contributed by atoms with van der Waals surface area (Å²) in [6.07, 6.45) is -1.66. The summed E-state index contributed by atoms with van der Waals surface area (Å²) in [5, 5.41) is 1.11. The van der Waals surface area contributed by atoms with Crippen molar-refractivity contribution >= 4 is 34.4 Å². The molecule has 0 aliphatic carbocycles. The van der Waals surface area contributed by atoms with Gasteiger partial charge in [-0.15, -0.1) is 0 Å². The summed E-state index contributed by atoms with van der Waals surface area (Å²) in [5.74, 6) is -0.419. The summed E-state index contributed by atoms with van der Waals surface area (Å²) in [4.78, 5) is 16.4. The standard InChI is InChI=1S/C19H11ClF3NO/c20-18-14(11-13-3-1-2-4-16(13)24-18)7-10-17(25)12-5-8-15(9-6-12)19(21,22)23/h1-11H/b10-7+. The minimum Gasteiger partial charge on any atom is -0.289 e. The van der Waals surface area contributed by atoms with Gasteiger partial charge in [-0.3, -0.25) is 4.79 Å². The van der Waals surface area contributed by atoms with Crippen molar-refractivity contribution in [2.45, 2.75) is 6.18 Å². The van der Waals surface area contributed by atoms with Gasteiger partial charge in [0.05, 0.1) is 11.1 Å². The van der Waals surface area contributed by atoms with E-state index in [1.807, 2.05) is 24.3 Å². The molecule has 0 aliphatic heterocycles. The molecule has 3 rings (SSSR count). The fraction of sp³-hybridized carbons (Fsp3) is 0.0526. The molecule has 0 N–H and O–H groups in total. The first-order valence-corrected chi connectivity index (χ1v) is 7.67. The van der Waals surface area contributed by atoms with Crippen LogP contribution in [-0.2, 0) is 6.18 Å². The van der Waals surface area contributed by atoms with Gasteiger partial charge in [0.1, 0.15) is 5.15 Å². The molecule has 0 fully saturated rings. The molecule has 25 heavy (non-hydrogen) atoms. The van der Waals surface area contributed by atoms with Crippen molar-refractivity contribution in [3.8, 4) is 0 Å². The van der Waals surface area contributed by atoms with Gasteiger partial charge in [-0.2, -0.15) is 13.2 Å². The molecule has 2 aromatic carbocycles. The molecule has 2 nitrogen and oxygen atoms in total. The van der Waals surface area contributed by atoms with Crippen LogP contribution in [0, 0.1) is 0 Å². The van der Waals surface area contributed by atoms with Gasteiger partial charge in [-0.1, -0.05) is 41.9 Å². The van der Waals surface area contributed by atoms with E-state index in [0.717, 1.165) is 35.2 Å². The number of fused-ring (bicyclic) bond motifs is 1. The van der Waals surface area contributed by atoms with Crippen LogP contribution in [-0.4, -0.2) is 10.8 Å². The summed E-state index contributed by atoms with van der Waals surface area (Å²) >= 11 is 6.10. The van der Waals surface area contributed by atoms with E-state index in [0.29, 0.717) is 5.56 Å². The second kappa shape index (κ2) is 6.69. The Morgan fingerprint density at radius 1 is 1.04 bits per heavy atom. The number of hydrogen-bond acceptors (Lipinski definition) is 2. The van der Waals surface area contributed by atoms with Crippen LogP contribution in [0.1, 0.15) is 21.5 Å². The van der Waals surface area contributed by atoms with Crippen molar-refractivity contribution < 1.29 is 18.0 Å². The van der Waals surface area contributed by atoms with E-state index in [1.165, 1.54) is 12.2 Å². The van der Waals surface area contributed by atoms with E-state index < -0.39 is 17.5 Å². The molecule has 1 aromatic heterocycles. The lowest BCUT2D eigenvalue weighted by molar-refractivity contribution is -0.137. The molecule has 0 spiro atoms. The number of allylic oxidation sites excluding steroid dienone is 1. The molecule has 0 bridgehead atoms. The minimum atomic E-state index is -4.43. The number of hydrogen-bond donors (Lipinski definition) is 0. The van der Waals surface area contributed by atoms with Crippen LogP contribution in [0.4, 0.5) is 13.2 Å². The number of benzene rings is 2. The van der Waals surface area contributed by atoms with Gasteiger partial charge < -0.3 is 0 Å². The molecule has 0 atom stereocenters. The number of rotatable bonds is 3. The van der Waals surface area contributed by atoms with Crippen LogP contribution in [0.15, 0.2) is 60.7 Å². The number of nitrogens with zero attached hydrogens (tertiary/aromatic N) is 1. The molecular formula is C19H11ClF3NO. The SMILES string of the molecule is O=C(/C=C/c1cc2ccccc2nc1Cl)c1ccc(C(F)(F)F)cc1. The van der Waals surface area contributed by atoms with E-state index in [2.05, 4.69) is 4.98 Å². The first-order chi connectivity index (χ1) is 11.8. The maximum Gasteiger partial charge on any atom is 0.416 e. The second-order valence-corrected chi connectivity index (χ2v) is 5.69. The smallest absolute Gasteiger partial charge is 0.289 e. The molecule has 0 amide bonds. The number of para-hydroxylation sites is 1. The topological polar surface area (TPSA) is 30.0 Å². The Labute approximate surface area is 146 Å². The predicted octanol–water partition coefficient (Wildman–Crippen LogP) is 5.80. The molecule has 0 saturated heterocycles. The number of aromatic nitrogens is 1. The van der Waals surface area contributed by atoms with E-state index in [1.54, 1.807) is 6.07 Å². The third kappa shape index (κ3) is 3.88. The first kappa shape index (κ1) is 17.2. The van der Waals surface area contributed by atoms with Gasteiger partial charge in [0.15, 0.2) is 5.78 Å².